The molecule has 8 aromatic carbocycles. The van der Waals surface area contributed by atoms with Gasteiger partial charge in [0, 0.05) is 7.11 Å². The molecule has 12 atom stereocenters. The van der Waals surface area contributed by atoms with E-state index in [1.165, 1.54) is 40.5 Å². The SMILES string of the molecule is COCCC(=O)OC1COC2C(OC(=O)CCOc3ccc(C4(c5ccc(OCCC(=O)OC6COC7C(O)COC67)cc5)c5ccccc5-c5ccccc54)cc3)COC12.Cc1ccc(C2(c3ccc(OCCC(=O)OC4COC5C(O)COC45)cc3)c3ccccc3-c3ccccc32)cc1. The summed E-state index contributed by atoms with van der Waals surface area (Å²) in [5.41, 5.74) is 14.1. The van der Waals surface area contributed by atoms with Crippen molar-refractivity contribution >= 4 is 23.9 Å². The van der Waals surface area contributed by atoms with Crippen molar-refractivity contribution in [3.8, 4) is 39.5 Å². The zero-order valence-electron chi connectivity index (χ0n) is 56.5. The number of carbonyl (C=O) groups excluding carboxylic acids is 4. The van der Waals surface area contributed by atoms with Crippen molar-refractivity contribution in [3.63, 3.8) is 0 Å². The number of esters is 4. The lowest BCUT2D eigenvalue weighted by molar-refractivity contribution is -0.156. The predicted octanol–water partition coefficient (Wildman–Crippen LogP) is 9.51. The molecule has 6 heterocycles. The van der Waals surface area contributed by atoms with Gasteiger partial charge in [0.1, 0.15) is 66.1 Å². The monoisotopic (exact) mass is 1380 g/mol. The Morgan fingerprint density at radius 3 is 0.902 bits per heavy atom. The standard InChI is InChI=1S/C47H48O14.C35H32O6/c1-52-21-18-40(49)60-38-26-57-46-39(27-58-45(38)46)61-42(51)20-23-54-31-16-12-29(13-17-31)47(34-8-4-2-6-32(34)33-7-3-5-9-35(33)47)28-10-14-30(15-11-28)53-22-19-41(50)59-37-25-56-43-36(48)24-55-44(37)43;1-22-10-12-23(13-11-22)35(28-8-4-2-6-26(28)27-7-3-5-9-29(27)35)24-14-16-25(17-15-24)38-19-18-32(37)41-31-21-40-33-30(36)20-39-34(31)33/h2-17,36-39,43-46,48H,18-27H2,1H3;2-17,30-31,33-34,36H,18-21H2,1H3. The molecular weight excluding hydrogens is 1300 g/mol. The van der Waals surface area contributed by atoms with E-state index in [4.69, 9.17) is 66.3 Å². The zero-order valence-corrected chi connectivity index (χ0v) is 56.5. The van der Waals surface area contributed by atoms with E-state index in [0.29, 0.717) is 17.2 Å². The van der Waals surface area contributed by atoms with E-state index in [2.05, 4.69) is 165 Å². The number of hydrogen-bond acceptors (Lipinski definition) is 20. The number of ether oxygens (including phenoxy) is 14. The second-order valence-corrected chi connectivity index (χ2v) is 26.7. The normalized spacial score (nSPS) is 25.3. The Balaban J connectivity index is 0.000000178. The number of methoxy groups -OCH3 is 1. The highest BCUT2D eigenvalue weighted by atomic mass is 16.7. The number of rotatable bonds is 23. The van der Waals surface area contributed by atoms with Crippen LogP contribution < -0.4 is 14.2 Å². The quantitative estimate of drug-likeness (QED) is 0.0448. The number of fused-ring (bicyclic) bond motifs is 9. The molecule has 6 aliphatic heterocycles. The summed E-state index contributed by atoms with van der Waals surface area (Å²) in [6, 6.07) is 67.1. The Kier molecular flexibility index (Phi) is 20.1. The number of hydrogen-bond donors (Lipinski definition) is 2. The average molecular weight is 1390 g/mol. The first kappa shape index (κ1) is 68.4. The van der Waals surface area contributed by atoms with Crippen LogP contribution in [-0.4, -0.2) is 181 Å². The van der Waals surface area contributed by atoms with E-state index in [9.17, 15) is 29.4 Å². The Hall–Kier alpha value is -9.32. The lowest BCUT2D eigenvalue weighted by Gasteiger charge is -2.34. The highest BCUT2D eigenvalue weighted by Crippen LogP contribution is 2.58. The van der Waals surface area contributed by atoms with Crippen LogP contribution in [-0.2, 0) is 82.1 Å². The summed E-state index contributed by atoms with van der Waals surface area (Å²) in [6.07, 6.45) is -6.10. The van der Waals surface area contributed by atoms with E-state index >= 15 is 0 Å². The van der Waals surface area contributed by atoms with Crippen molar-refractivity contribution in [2.24, 2.45) is 0 Å². The van der Waals surface area contributed by atoms with Crippen LogP contribution in [0.2, 0.25) is 0 Å². The number of aliphatic hydroxyl groups is 2. The summed E-state index contributed by atoms with van der Waals surface area (Å²) >= 11 is 0. The molecule has 20 heteroatoms. The van der Waals surface area contributed by atoms with E-state index in [-0.39, 0.29) is 97.7 Å². The van der Waals surface area contributed by atoms with Gasteiger partial charge in [-0.1, -0.05) is 163 Å². The number of benzene rings is 8. The van der Waals surface area contributed by atoms with Crippen molar-refractivity contribution in [2.75, 3.05) is 73.2 Å². The maximum absolute atomic E-state index is 12.9. The Labute approximate surface area is 590 Å². The molecule has 8 aromatic rings. The minimum absolute atomic E-state index is 0.0156. The smallest absolute Gasteiger partial charge is 0.309 e. The van der Waals surface area contributed by atoms with Crippen LogP contribution in [0.4, 0.5) is 0 Å². The van der Waals surface area contributed by atoms with Gasteiger partial charge in [-0.3, -0.25) is 19.2 Å². The molecule has 2 aliphatic carbocycles. The lowest BCUT2D eigenvalue weighted by Crippen LogP contribution is -2.36. The van der Waals surface area contributed by atoms with E-state index in [0.717, 1.165) is 38.9 Å². The van der Waals surface area contributed by atoms with Gasteiger partial charge in [0.2, 0.25) is 0 Å². The van der Waals surface area contributed by atoms with E-state index < -0.39 is 102 Å². The fraction of sp³-hybridized carbons (Fsp3) is 0.366. The van der Waals surface area contributed by atoms with Gasteiger partial charge < -0.3 is 76.5 Å². The maximum Gasteiger partial charge on any atom is 0.309 e. The predicted molar refractivity (Wildman–Crippen MR) is 369 cm³/mol. The summed E-state index contributed by atoms with van der Waals surface area (Å²) in [6.45, 7) is 3.90. The molecule has 20 nitrogen and oxygen atoms in total. The van der Waals surface area contributed by atoms with Crippen LogP contribution in [0.3, 0.4) is 0 Å². The molecule has 528 valence electrons. The van der Waals surface area contributed by atoms with Crippen LogP contribution in [0.15, 0.2) is 194 Å². The fourth-order valence-corrected chi connectivity index (χ4v) is 15.8. The molecule has 8 aliphatic rings. The highest BCUT2D eigenvalue weighted by molar-refractivity contribution is 5.88. The summed E-state index contributed by atoms with van der Waals surface area (Å²) < 4.78 is 79.1. The Morgan fingerprint density at radius 2 is 0.598 bits per heavy atom. The van der Waals surface area contributed by atoms with Crippen molar-refractivity contribution in [1.82, 2.24) is 0 Å². The third-order valence-electron chi connectivity index (χ3n) is 20.5. The zero-order chi connectivity index (χ0) is 69.9. The molecule has 12 unspecified atom stereocenters. The van der Waals surface area contributed by atoms with Gasteiger partial charge in [-0.2, -0.15) is 0 Å². The Morgan fingerprint density at radius 1 is 0.343 bits per heavy atom. The molecule has 0 spiro atoms. The minimum Gasteiger partial charge on any atom is -0.493 e. The van der Waals surface area contributed by atoms with E-state index in [1.807, 2.05) is 36.4 Å². The fourth-order valence-electron chi connectivity index (χ4n) is 15.8. The molecule has 2 N–H and O–H groups in total. The number of aliphatic hydroxyl groups excluding tert-OH is 2. The minimum atomic E-state index is -0.715. The number of carbonyl (C=O) groups is 4. The van der Waals surface area contributed by atoms with Gasteiger partial charge in [-0.25, -0.2) is 0 Å². The average Bonchev–Trinajstić information content (AvgIpc) is 1.64. The molecule has 0 radical (unpaired) electrons. The second kappa shape index (κ2) is 29.9. The summed E-state index contributed by atoms with van der Waals surface area (Å²) in [5, 5.41) is 19.9. The largest absolute Gasteiger partial charge is 0.493 e. The molecule has 0 bridgehead atoms. The van der Waals surface area contributed by atoms with Gasteiger partial charge in [0.25, 0.3) is 0 Å². The van der Waals surface area contributed by atoms with Crippen LogP contribution in [0, 0.1) is 6.92 Å². The molecule has 6 fully saturated rings. The Bertz CT molecular complexity index is 4200. The van der Waals surface area contributed by atoms with Crippen LogP contribution >= 0.6 is 0 Å². The van der Waals surface area contributed by atoms with Gasteiger partial charge in [0.05, 0.1) is 103 Å². The first-order valence-electron chi connectivity index (χ1n) is 34.9. The third-order valence-corrected chi connectivity index (χ3v) is 20.5. The summed E-state index contributed by atoms with van der Waals surface area (Å²) in [5.74, 6) is 0.254. The second-order valence-electron chi connectivity index (χ2n) is 26.7. The molecule has 0 aromatic heterocycles. The summed E-state index contributed by atoms with van der Waals surface area (Å²) in [7, 11) is 1.52. The lowest BCUT2D eigenvalue weighted by atomic mass is 9.67. The van der Waals surface area contributed by atoms with Crippen molar-refractivity contribution < 1.29 is 95.7 Å². The third kappa shape index (κ3) is 13.2. The molecule has 16 rings (SSSR count). The van der Waals surface area contributed by atoms with Gasteiger partial charge in [0.15, 0.2) is 24.4 Å². The van der Waals surface area contributed by atoms with Gasteiger partial charge >= 0.3 is 23.9 Å². The molecule has 0 saturated carbocycles. The van der Waals surface area contributed by atoms with E-state index in [1.54, 1.807) is 0 Å². The van der Waals surface area contributed by atoms with Gasteiger partial charge in [-0.15, -0.1) is 0 Å². The van der Waals surface area contributed by atoms with Crippen molar-refractivity contribution in [3.05, 3.63) is 244 Å². The highest BCUT2D eigenvalue weighted by Gasteiger charge is 2.53. The molecular formula is C82H80O20. The topological polar surface area (TPSA) is 238 Å². The first-order valence-corrected chi connectivity index (χ1v) is 34.9. The molecule has 102 heavy (non-hydrogen) atoms. The molecule has 6 saturated heterocycles. The van der Waals surface area contributed by atoms with Crippen molar-refractivity contribution in [2.45, 2.75) is 117 Å². The van der Waals surface area contributed by atoms with Gasteiger partial charge in [-0.05, 0) is 110 Å². The van der Waals surface area contributed by atoms with Crippen LogP contribution in [0.25, 0.3) is 22.3 Å². The number of aryl methyl sites for hydroxylation is 1. The molecule has 0 amide bonds. The first-order chi connectivity index (χ1) is 49.9. The van der Waals surface area contributed by atoms with Crippen LogP contribution in [0.1, 0.15) is 75.8 Å². The van der Waals surface area contributed by atoms with Crippen molar-refractivity contribution in [1.29, 1.82) is 0 Å². The summed E-state index contributed by atoms with van der Waals surface area (Å²) in [4.78, 5) is 50.1. The maximum atomic E-state index is 12.9. The van der Waals surface area contributed by atoms with Crippen LogP contribution in [0.5, 0.6) is 17.2 Å².